The molecule has 0 saturated heterocycles. The smallest absolute Gasteiger partial charge is 0.299 e. The first-order valence-corrected chi connectivity index (χ1v) is 8.00. The Morgan fingerprint density at radius 3 is 2.04 bits per heavy atom. The normalized spacial score (nSPS) is 10.3. The van der Waals surface area contributed by atoms with E-state index in [0.29, 0.717) is 5.75 Å². The first-order chi connectivity index (χ1) is 13.4. The zero-order valence-electron chi connectivity index (χ0n) is 14.5. The van der Waals surface area contributed by atoms with Crippen LogP contribution in [0.3, 0.4) is 0 Å². The minimum absolute atomic E-state index is 0.0324. The Hall–Kier alpha value is -3.80. The summed E-state index contributed by atoms with van der Waals surface area (Å²) in [6.07, 6.45) is 0. The fourth-order valence-corrected chi connectivity index (χ4v) is 2.18. The van der Waals surface area contributed by atoms with Crippen molar-refractivity contribution in [1.29, 1.82) is 0 Å². The molecule has 0 saturated carbocycles. The van der Waals surface area contributed by atoms with Crippen LogP contribution in [-0.2, 0) is 4.74 Å². The molecule has 12 heteroatoms. The quantitative estimate of drug-likeness (QED) is 0.344. The Balaban J connectivity index is 1.71. The lowest BCUT2D eigenvalue weighted by Gasteiger charge is -2.09. The second kappa shape index (κ2) is 9.78. The Bertz CT molecular complexity index is 856. The Morgan fingerprint density at radius 2 is 1.43 bits per heavy atom. The highest BCUT2D eigenvalue weighted by Gasteiger charge is 2.18. The van der Waals surface area contributed by atoms with E-state index in [0.717, 1.165) is 6.07 Å². The lowest BCUT2D eigenvalue weighted by atomic mass is 10.2. The summed E-state index contributed by atoms with van der Waals surface area (Å²) in [5, 5.41) is 35.1. The molecule has 0 atom stereocenters. The van der Waals surface area contributed by atoms with Crippen molar-refractivity contribution in [3.05, 3.63) is 72.8 Å². The third-order valence-electron chi connectivity index (χ3n) is 3.49. The van der Waals surface area contributed by atoms with Crippen LogP contribution >= 0.6 is 0 Å². The zero-order valence-corrected chi connectivity index (χ0v) is 14.5. The molecule has 0 amide bonds. The molecule has 0 aliphatic rings. The Kier molecular flexibility index (Phi) is 7.16. The predicted octanol–water partition coefficient (Wildman–Crippen LogP) is 2.92. The van der Waals surface area contributed by atoms with Crippen LogP contribution in [0, 0.1) is 30.3 Å². The predicted molar refractivity (Wildman–Crippen MR) is 97.7 cm³/mol. The van der Waals surface area contributed by atoms with Gasteiger partial charge in [0.1, 0.15) is 18.0 Å². The molecule has 2 aromatic carbocycles. The third kappa shape index (κ3) is 5.88. The average molecular weight is 392 g/mol. The number of hydrogen-bond acceptors (Lipinski definition) is 9. The summed E-state index contributed by atoms with van der Waals surface area (Å²) in [5.41, 5.74) is -0.635. The summed E-state index contributed by atoms with van der Waals surface area (Å²) in [4.78, 5) is 30.4. The van der Waals surface area contributed by atoms with E-state index in [4.69, 9.17) is 9.47 Å². The van der Waals surface area contributed by atoms with Crippen LogP contribution in [0.4, 0.5) is 22.7 Å². The Labute approximate surface area is 158 Å². The monoisotopic (exact) mass is 392 g/mol. The van der Waals surface area contributed by atoms with Crippen LogP contribution in [-0.4, -0.2) is 41.1 Å². The van der Waals surface area contributed by atoms with E-state index in [1.165, 1.54) is 36.4 Å². The fraction of sp³-hybridized carbons (Fsp3) is 0.250. The van der Waals surface area contributed by atoms with Gasteiger partial charge in [-0.25, -0.2) is 0 Å². The number of non-ortho nitro benzene ring substituents is 2. The van der Waals surface area contributed by atoms with Gasteiger partial charge in [-0.1, -0.05) is 0 Å². The van der Waals surface area contributed by atoms with E-state index < -0.39 is 20.5 Å². The third-order valence-corrected chi connectivity index (χ3v) is 3.49. The van der Waals surface area contributed by atoms with Crippen LogP contribution in [0.5, 0.6) is 5.75 Å². The minimum Gasteiger partial charge on any atom is -0.491 e. The van der Waals surface area contributed by atoms with E-state index in [-0.39, 0.29) is 43.4 Å². The maximum absolute atomic E-state index is 11.0. The molecule has 2 rings (SSSR count). The molecule has 0 bridgehead atoms. The largest absolute Gasteiger partial charge is 0.491 e. The van der Waals surface area contributed by atoms with E-state index >= 15 is 0 Å². The molecule has 0 fully saturated rings. The Morgan fingerprint density at radius 1 is 0.786 bits per heavy atom. The van der Waals surface area contributed by atoms with Gasteiger partial charge in [-0.05, 0) is 18.2 Å². The number of benzene rings is 2. The molecule has 0 aromatic heterocycles. The van der Waals surface area contributed by atoms with Gasteiger partial charge in [0.15, 0.2) is 0 Å². The lowest BCUT2D eigenvalue weighted by molar-refractivity contribution is -0.393. The molecule has 0 heterocycles. The molecule has 2 aromatic rings. The molecule has 0 unspecified atom stereocenters. The number of nitrogens with one attached hydrogen (secondary N) is 1. The lowest BCUT2D eigenvalue weighted by Crippen LogP contribution is -2.14. The molecule has 0 aliphatic carbocycles. The molecule has 0 aliphatic heterocycles. The molecule has 0 spiro atoms. The second-order valence-electron chi connectivity index (χ2n) is 5.35. The first-order valence-electron chi connectivity index (χ1n) is 8.00. The summed E-state index contributed by atoms with van der Waals surface area (Å²) in [6, 6.07) is 8.96. The average Bonchev–Trinajstić information content (AvgIpc) is 2.67. The van der Waals surface area contributed by atoms with Crippen molar-refractivity contribution in [2.75, 3.05) is 31.7 Å². The van der Waals surface area contributed by atoms with Crippen LogP contribution in [0.25, 0.3) is 0 Å². The zero-order chi connectivity index (χ0) is 20.5. The maximum atomic E-state index is 11.0. The SMILES string of the molecule is O=[N+]([O-])c1ccc(OCCOCCNc2ccc([N+](=O)[O-])cc2[N+](=O)[O-])cc1. The summed E-state index contributed by atoms with van der Waals surface area (Å²) in [7, 11) is 0. The molecule has 148 valence electrons. The highest BCUT2D eigenvalue weighted by molar-refractivity contribution is 5.65. The van der Waals surface area contributed by atoms with Gasteiger partial charge in [0.25, 0.3) is 17.1 Å². The highest BCUT2D eigenvalue weighted by Crippen LogP contribution is 2.28. The van der Waals surface area contributed by atoms with Crippen LogP contribution in [0.2, 0.25) is 0 Å². The number of nitrogens with zero attached hydrogens (tertiary/aromatic N) is 3. The van der Waals surface area contributed by atoms with Crippen LogP contribution in [0.15, 0.2) is 42.5 Å². The van der Waals surface area contributed by atoms with Gasteiger partial charge in [0, 0.05) is 24.7 Å². The van der Waals surface area contributed by atoms with E-state index in [9.17, 15) is 30.3 Å². The summed E-state index contributed by atoms with van der Waals surface area (Å²) < 4.78 is 10.7. The van der Waals surface area contributed by atoms with Gasteiger partial charge in [-0.3, -0.25) is 30.3 Å². The molecular formula is C16H16N4O8. The van der Waals surface area contributed by atoms with Crippen LogP contribution < -0.4 is 10.1 Å². The van der Waals surface area contributed by atoms with Gasteiger partial charge in [0.05, 0.1) is 34.1 Å². The minimum atomic E-state index is -0.704. The summed E-state index contributed by atoms with van der Waals surface area (Å²) >= 11 is 0. The highest BCUT2D eigenvalue weighted by atomic mass is 16.6. The van der Waals surface area contributed by atoms with Gasteiger partial charge in [-0.2, -0.15) is 0 Å². The van der Waals surface area contributed by atoms with Crippen molar-refractivity contribution in [3.8, 4) is 5.75 Å². The topological polar surface area (TPSA) is 160 Å². The molecule has 28 heavy (non-hydrogen) atoms. The van der Waals surface area contributed by atoms with Crippen molar-refractivity contribution in [1.82, 2.24) is 0 Å². The van der Waals surface area contributed by atoms with E-state index in [1.807, 2.05) is 0 Å². The number of ether oxygens (including phenoxy) is 2. The number of rotatable bonds is 11. The summed E-state index contributed by atoms with van der Waals surface area (Å²) in [6.45, 7) is 0.921. The number of anilines is 1. The molecular weight excluding hydrogens is 376 g/mol. The molecule has 0 radical (unpaired) electrons. The van der Waals surface area contributed by atoms with Crippen molar-refractivity contribution in [3.63, 3.8) is 0 Å². The van der Waals surface area contributed by atoms with E-state index in [1.54, 1.807) is 0 Å². The molecule has 1 N–H and O–H groups in total. The van der Waals surface area contributed by atoms with Gasteiger partial charge in [0.2, 0.25) is 0 Å². The van der Waals surface area contributed by atoms with Crippen molar-refractivity contribution < 1.29 is 24.2 Å². The number of hydrogen-bond donors (Lipinski definition) is 1. The molecule has 12 nitrogen and oxygen atoms in total. The number of nitro benzene ring substituents is 3. The summed E-state index contributed by atoms with van der Waals surface area (Å²) in [5.74, 6) is 0.467. The van der Waals surface area contributed by atoms with E-state index in [2.05, 4.69) is 5.32 Å². The van der Waals surface area contributed by atoms with Crippen LogP contribution in [0.1, 0.15) is 0 Å². The van der Waals surface area contributed by atoms with Gasteiger partial charge >= 0.3 is 0 Å². The van der Waals surface area contributed by atoms with Crippen molar-refractivity contribution in [2.45, 2.75) is 0 Å². The second-order valence-corrected chi connectivity index (χ2v) is 5.35. The maximum Gasteiger partial charge on any atom is 0.299 e. The van der Waals surface area contributed by atoms with Crippen molar-refractivity contribution >= 4 is 22.7 Å². The fourth-order valence-electron chi connectivity index (χ4n) is 2.18. The standard InChI is InChI=1S/C16H16N4O8/c21-18(22)12-1-4-14(5-2-12)28-10-9-27-8-7-17-15-6-3-13(19(23)24)11-16(15)20(25)26/h1-6,11,17H,7-10H2. The van der Waals surface area contributed by atoms with Gasteiger partial charge < -0.3 is 14.8 Å². The number of nitro groups is 3. The first kappa shape index (κ1) is 20.5. The van der Waals surface area contributed by atoms with Crippen molar-refractivity contribution in [2.24, 2.45) is 0 Å². The van der Waals surface area contributed by atoms with Gasteiger partial charge in [-0.15, -0.1) is 0 Å².